The van der Waals surface area contributed by atoms with Gasteiger partial charge in [0.15, 0.2) is 0 Å². The SMILES string of the molecule is N=C1/C(=N\S)c2ccsc2-c2c1c1sccc1c1nsnc21. The molecule has 0 amide bonds. The van der Waals surface area contributed by atoms with Crippen LogP contribution in [0.3, 0.4) is 0 Å². The Morgan fingerprint density at radius 1 is 1.05 bits per heavy atom. The zero-order valence-electron chi connectivity index (χ0n) is 10.8. The Morgan fingerprint density at radius 3 is 2.73 bits per heavy atom. The van der Waals surface area contributed by atoms with Gasteiger partial charge in [-0.3, -0.25) is 5.41 Å². The van der Waals surface area contributed by atoms with Crippen LogP contribution in [-0.4, -0.2) is 20.2 Å². The van der Waals surface area contributed by atoms with Crippen LogP contribution in [0.5, 0.6) is 0 Å². The van der Waals surface area contributed by atoms with Crippen molar-refractivity contribution in [2.45, 2.75) is 0 Å². The molecule has 3 aromatic heterocycles. The van der Waals surface area contributed by atoms with E-state index >= 15 is 0 Å². The third-order valence-corrected chi connectivity index (χ3v) is 6.45. The zero-order valence-corrected chi connectivity index (χ0v) is 14.2. The van der Waals surface area contributed by atoms with Crippen molar-refractivity contribution >= 4 is 79.8 Å². The Kier molecular flexibility index (Phi) is 2.61. The highest BCUT2D eigenvalue weighted by Gasteiger charge is 2.32. The molecular weight excluding hydrogens is 352 g/mol. The molecule has 0 fully saturated rings. The van der Waals surface area contributed by atoms with Crippen LogP contribution in [0.4, 0.5) is 0 Å². The fraction of sp³-hybridized carbons (Fsp3) is 0. The molecule has 0 atom stereocenters. The maximum absolute atomic E-state index is 8.63. The fourth-order valence-electron chi connectivity index (χ4n) is 2.96. The lowest BCUT2D eigenvalue weighted by atomic mass is 9.86. The predicted octanol–water partition coefficient (Wildman–Crippen LogP) is 4.65. The molecule has 1 aliphatic carbocycles. The summed E-state index contributed by atoms with van der Waals surface area (Å²) in [6.07, 6.45) is 0. The molecule has 3 heterocycles. The summed E-state index contributed by atoms with van der Waals surface area (Å²) in [6, 6.07) is 4.05. The van der Waals surface area contributed by atoms with E-state index < -0.39 is 0 Å². The lowest BCUT2D eigenvalue weighted by Gasteiger charge is -2.19. The molecule has 5 rings (SSSR count). The Hall–Kier alpha value is -1.61. The first kappa shape index (κ1) is 12.9. The van der Waals surface area contributed by atoms with Crippen molar-refractivity contribution in [2.75, 3.05) is 0 Å². The van der Waals surface area contributed by atoms with Crippen LogP contribution in [0.1, 0.15) is 11.1 Å². The Balaban J connectivity index is 2.11. The van der Waals surface area contributed by atoms with Gasteiger partial charge in [0.05, 0.1) is 17.4 Å². The molecule has 1 N–H and O–H groups in total. The molecule has 1 aromatic carbocycles. The number of thiophene rings is 2. The van der Waals surface area contributed by atoms with Gasteiger partial charge in [0, 0.05) is 31.7 Å². The monoisotopic (exact) mass is 358 g/mol. The topological polar surface area (TPSA) is 62.0 Å². The zero-order chi connectivity index (χ0) is 14.8. The summed E-state index contributed by atoms with van der Waals surface area (Å²) in [5.74, 6) is 0. The van der Waals surface area contributed by atoms with Gasteiger partial charge in [-0.05, 0) is 35.7 Å². The number of fused-ring (bicyclic) bond motifs is 8. The molecule has 8 heteroatoms. The van der Waals surface area contributed by atoms with E-state index in [0.717, 1.165) is 42.7 Å². The molecule has 0 radical (unpaired) electrons. The van der Waals surface area contributed by atoms with E-state index in [0.29, 0.717) is 11.4 Å². The predicted molar refractivity (Wildman–Crippen MR) is 98.5 cm³/mol. The number of nitrogens with one attached hydrogen (secondary N) is 1. The van der Waals surface area contributed by atoms with Crippen LogP contribution in [0.25, 0.3) is 31.6 Å². The standard InChI is InChI=1S/C14H6N4S4/c15-9-7-8(14-5(1-3-21-14)10(9)16-19)12-11(17-22-18-12)6-2-4-20-13(6)7/h1-4,15,19H/b15-9?,16-10-. The summed E-state index contributed by atoms with van der Waals surface area (Å²) in [5.41, 5.74) is 5.75. The number of rotatable bonds is 0. The van der Waals surface area contributed by atoms with Gasteiger partial charge >= 0.3 is 0 Å². The van der Waals surface area contributed by atoms with Crippen LogP contribution in [0.15, 0.2) is 27.3 Å². The van der Waals surface area contributed by atoms with Gasteiger partial charge < -0.3 is 0 Å². The van der Waals surface area contributed by atoms with Crippen LogP contribution < -0.4 is 0 Å². The first-order valence-corrected chi connectivity index (χ1v) is 9.25. The van der Waals surface area contributed by atoms with Crippen molar-refractivity contribution in [3.63, 3.8) is 0 Å². The van der Waals surface area contributed by atoms with Crippen molar-refractivity contribution < 1.29 is 0 Å². The van der Waals surface area contributed by atoms with Gasteiger partial charge in [-0.15, -0.1) is 22.7 Å². The van der Waals surface area contributed by atoms with Crippen LogP contribution in [-0.2, 0) is 0 Å². The second-order valence-corrected chi connectivity index (χ2v) is 7.42. The lowest BCUT2D eigenvalue weighted by molar-refractivity contribution is 1.51. The average Bonchev–Trinajstić information content (AvgIpc) is 3.25. The van der Waals surface area contributed by atoms with Gasteiger partial charge in [-0.2, -0.15) is 8.75 Å². The van der Waals surface area contributed by atoms with Gasteiger partial charge in [-0.1, -0.05) is 0 Å². The molecule has 0 spiro atoms. The molecule has 0 saturated carbocycles. The molecule has 4 nitrogen and oxygen atoms in total. The fourth-order valence-corrected chi connectivity index (χ4v) is 5.63. The Labute approximate surface area is 142 Å². The van der Waals surface area contributed by atoms with Gasteiger partial charge in [0.25, 0.3) is 0 Å². The Bertz CT molecular complexity index is 1110. The van der Waals surface area contributed by atoms with E-state index in [4.69, 9.17) is 5.41 Å². The number of aromatic nitrogens is 2. The Morgan fingerprint density at radius 2 is 1.86 bits per heavy atom. The van der Waals surface area contributed by atoms with Gasteiger partial charge in [0.2, 0.25) is 0 Å². The summed E-state index contributed by atoms with van der Waals surface area (Å²) >= 11 is 8.59. The summed E-state index contributed by atoms with van der Waals surface area (Å²) in [7, 11) is 0. The quantitative estimate of drug-likeness (QED) is 0.449. The highest BCUT2D eigenvalue weighted by atomic mass is 32.1. The molecule has 4 aromatic rings. The number of hydrogen-bond acceptors (Lipinski definition) is 8. The molecular formula is C14H6N4S4. The smallest absolute Gasteiger partial charge is 0.114 e. The van der Waals surface area contributed by atoms with E-state index in [2.05, 4.69) is 32.0 Å². The van der Waals surface area contributed by atoms with Crippen LogP contribution in [0, 0.1) is 5.41 Å². The normalized spacial score (nSPS) is 15.7. The van der Waals surface area contributed by atoms with Crippen molar-refractivity contribution in [3.8, 4) is 10.4 Å². The minimum absolute atomic E-state index is 0.415. The number of benzene rings is 1. The molecule has 106 valence electrons. The van der Waals surface area contributed by atoms with E-state index in [-0.39, 0.29) is 0 Å². The third-order valence-electron chi connectivity index (χ3n) is 3.86. The van der Waals surface area contributed by atoms with Gasteiger partial charge in [0.1, 0.15) is 16.7 Å². The van der Waals surface area contributed by atoms with E-state index in [1.807, 2.05) is 16.8 Å². The summed E-state index contributed by atoms with van der Waals surface area (Å²) in [4.78, 5) is 1.10. The minimum Gasteiger partial charge on any atom is -0.298 e. The second kappa shape index (κ2) is 4.45. The van der Waals surface area contributed by atoms with Crippen molar-refractivity contribution in [1.82, 2.24) is 8.75 Å². The van der Waals surface area contributed by atoms with Crippen molar-refractivity contribution in [1.29, 1.82) is 5.41 Å². The largest absolute Gasteiger partial charge is 0.298 e. The summed E-state index contributed by atoms with van der Waals surface area (Å²) in [6.45, 7) is 0. The first-order chi connectivity index (χ1) is 10.8. The van der Waals surface area contributed by atoms with Crippen LogP contribution >= 0.6 is 47.2 Å². The third kappa shape index (κ3) is 1.43. The minimum atomic E-state index is 0.415. The molecule has 0 unspecified atom stereocenters. The molecule has 0 saturated heterocycles. The van der Waals surface area contributed by atoms with E-state index in [1.165, 1.54) is 11.7 Å². The van der Waals surface area contributed by atoms with Crippen molar-refractivity contribution in [2.24, 2.45) is 4.40 Å². The first-order valence-electron chi connectivity index (χ1n) is 6.36. The molecule has 0 aliphatic heterocycles. The lowest BCUT2D eigenvalue weighted by Crippen LogP contribution is -2.21. The number of thiol groups is 1. The second-order valence-electron chi connectivity index (χ2n) is 4.86. The van der Waals surface area contributed by atoms with Crippen LogP contribution in [0.2, 0.25) is 0 Å². The highest BCUT2D eigenvalue weighted by Crippen LogP contribution is 2.46. The summed E-state index contributed by atoms with van der Waals surface area (Å²) in [5, 5.41) is 13.8. The maximum Gasteiger partial charge on any atom is 0.114 e. The number of hydrogen-bond donors (Lipinski definition) is 2. The number of nitrogens with zero attached hydrogens (tertiary/aromatic N) is 3. The van der Waals surface area contributed by atoms with Gasteiger partial charge in [-0.25, -0.2) is 4.40 Å². The molecule has 22 heavy (non-hydrogen) atoms. The van der Waals surface area contributed by atoms with E-state index in [9.17, 15) is 0 Å². The highest BCUT2D eigenvalue weighted by molar-refractivity contribution is 7.79. The van der Waals surface area contributed by atoms with E-state index in [1.54, 1.807) is 22.7 Å². The average molecular weight is 358 g/mol. The summed E-state index contributed by atoms with van der Waals surface area (Å²) < 4.78 is 14.1. The molecule has 0 bridgehead atoms. The molecule has 1 aliphatic rings. The maximum atomic E-state index is 8.63. The van der Waals surface area contributed by atoms with Crippen molar-refractivity contribution in [3.05, 3.63) is 34.0 Å².